The first-order valence-corrected chi connectivity index (χ1v) is 5.37. The maximum atomic E-state index is 6.13. The number of hydrogen-bond donors (Lipinski definition) is 1. The summed E-state index contributed by atoms with van der Waals surface area (Å²) in [6.07, 6.45) is 0. The fraction of sp³-hybridized carbons (Fsp3) is 0. The van der Waals surface area contributed by atoms with Gasteiger partial charge < -0.3 is 4.98 Å². The van der Waals surface area contributed by atoms with Crippen LogP contribution in [0.4, 0.5) is 0 Å². The van der Waals surface area contributed by atoms with Gasteiger partial charge in [0.05, 0.1) is 15.6 Å². The van der Waals surface area contributed by atoms with Gasteiger partial charge in [-0.15, -0.1) is 0 Å². The Morgan fingerprint density at radius 1 is 0.875 bits per heavy atom. The van der Waals surface area contributed by atoms with E-state index in [9.17, 15) is 0 Å². The van der Waals surface area contributed by atoms with Crippen molar-refractivity contribution in [1.82, 2.24) is 4.98 Å². The summed E-state index contributed by atoms with van der Waals surface area (Å²) in [5.41, 5.74) is 1.99. The number of aromatic amines is 1. The van der Waals surface area contributed by atoms with Crippen molar-refractivity contribution in [2.24, 2.45) is 0 Å². The molecule has 77 valence electrons. The van der Waals surface area contributed by atoms with Crippen molar-refractivity contribution >= 4 is 53.4 Å². The Bertz CT molecular complexity index is 660. The number of nitrogens with one attached hydrogen (secondary N) is 1. The lowest BCUT2D eigenvalue weighted by atomic mass is 10.1. The Morgan fingerprint density at radius 2 is 1.62 bits per heavy atom. The van der Waals surface area contributed by atoms with Gasteiger partial charge in [0.25, 0.3) is 0 Å². The van der Waals surface area contributed by atoms with Gasteiger partial charge in [0, 0.05) is 24.7 Å². The first kappa shape index (κ1) is 11.4. The maximum Gasteiger partial charge on any atom is 0.0833 e. The highest BCUT2D eigenvalue weighted by atomic mass is 35.5. The molecule has 1 aromatic heterocycles. The molecule has 1 N–H and O–H groups in total. The van der Waals surface area contributed by atoms with Gasteiger partial charge >= 0.3 is 0 Å². The second kappa shape index (κ2) is 4.04. The second-order valence-corrected chi connectivity index (χ2v) is 4.24. The summed E-state index contributed by atoms with van der Waals surface area (Å²) >= 11 is 12.1. The summed E-state index contributed by atoms with van der Waals surface area (Å²) in [5.74, 6) is 0. The molecule has 0 aliphatic heterocycles. The van der Waals surface area contributed by atoms with Gasteiger partial charge in [-0.2, -0.15) is 0 Å². The normalized spacial score (nSPS) is 10.6. The molecule has 0 fully saturated rings. The molecule has 2 aromatic carbocycles. The van der Waals surface area contributed by atoms with Crippen LogP contribution in [0.25, 0.3) is 21.8 Å². The largest absolute Gasteiger partial charge is 0.353 e. The lowest BCUT2D eigenvalue weighted by Gasteiger charge is -1.96. The number of para-hydroxylation sites is 1. The fourth-order valence-electron chi connectivity index (χ4n) is 1.86. The minimum absolute atomic E-state index is 0. The van der Waals surface area contributed by atoms with Gasteiger partial charge in [0.1, 0.15) is 0 Å². The number of aromatic nitrogens is 1. The zero-order valence-corrected chi connectivity index (χ0v) is 9.81. The van der Waals surface area contributed by atoms with Crippen LogP contribution in [0.5, 0.6) is 0 Å². The highest BCUT2D eigenvalue weighted by Crippen LogP contribution is 2.34. The van der Waals surface area contributed by atoms with Crippen molar-refractivity contribution < 1.29 is 0 Å². The van der Waals surface area contributed by atoms with Crippen LogP contribution >= 0.6 is 23.2 Å². The number of benzene rings is 2. The van der Waals surface area contributed by atoms with Crippen molar-refractivity contribution in [1.29, 1.82) is 0 Å². The number of hydrogen-bond acceptors (Lipinski definition) is 0. The lowest BCUT2D eigenvalue weighted by molar-refractivity contribution is 1.55. The van der Waals surface area contributed by atoms with Crippen LogP contribution in [-0.4, -0.2) is 13.4 Å². The Labute approximate surface area is 105 Å². The average molecular weight is 247 g/mol. The molecule has 0 unspecified atom stereocenters. The van der Waals surface area contributed by atoms with Crippen LogP contribution in [0.2, 0.25) is 10.0 Å². The summed E-state index contributed by atoms with van der Waals surface area (Å²) in [6, 6.07) is 11.9. The Hall–Kier alpha value is -1.12. The zero-order valence-electron chi connectivity index (χ0n) is 8.30. The molecular weight excluding hydrogens is 240 g/mol. The predicted molar refractivity (Wildman–Crippen MR) is 71.6 cm³/mol. The van der Waals surface area contributed by atoms with Gasteiger partial charge in [0.2, 0.25) is 0 Å². The molecule has 4 heteroatoms. The highest BCUT2D eigenvalue weighted by molar-refractivity contribution is 6.45. The van der Waals surface area contributed by atoms with Gasteiger partial charge in [0.15, 0.2) is 0 Å². The number of halogens is 2. The molecule has 1 heterocycles. The second-order valence-electron chi connectivity index (χ2n) is 3.45. The average Bonchev–Trinajstić information content (AvgIpc) is 2.63. The Morgan fingerprint density at radius 3 is 2.44 bits per heavy atom. The highest BCUT2D eigenvalue weighted by Gasteiger charge is 2.08. The van der Waals surface area contributed by atoms with Crippen molar-refractivity contribution in [3.05, 3.63) is 46.4 Å². The zero-order chi connectivity index (χ0) is 10.4. The van der Waals surface area contributed by atoms with Crippen molar-refractivity contribution in [2.45, 2.75) is 0 Å². The van der Waals surface area contributed by atoms with E-state index in [0.717, 1.165) is 16.4 Å². The van der Waals surface area contributed by atoms with E-state index in [2.05, 4.69) is 11.1 Å². The molecule has 3 aromatic rings. The molecule has 0 bridgehead atoms. The Kier molecular flexibility index (Phi) is 2.87. The van der Waals surface area contributed by atoms with E-state index < -0.39 is 0 Å². The SMILES string of the molecule is Clc1ccc2c([nH]c3ccccc32)c1Cl.[B]. The maximum absolute atomic E-state index is 6.13. The van der Waals surface area contributed by atoms with E-state index in [1.807, 2.05) is 30.3 Å². The minimum Gasteiger partial charge on any atom is -0.353 e. The summed E-state index contributed by atoms with van der Waals surface area (Å²) in [6.45, 7) is 0. The van der Waals surface area contributed by atoms with E-state index in [1.54, 1.807) is 0 Å². The van der Waals surface area contributed by atoms with Crippen LogP contribution in [-0.2, 0) is 0 Å². The van der Waals surface area contributed by atoms with Crippen LogP contribution in [0.15, 0.2) is 36.4 Å². The van der Waals surface area contributed by atoms with E-state index in [-0.39, 0.29) is 8.41 Å². The first-order chi connectivity index (χ1) is 7.27. The first-order valence-electron chi connectivity index (χ1n) is 4.62. The summed E-state index contributed by atoms with van der Waals surface area (Å²) in [7, 11) is 0. The quantitative estimate of drug-likeness (QED) is 0.571. The summed E-state index contributed by atoms with van der Waals surface area (Å²) in [4.78, 5) is 3.27. The van der Waals surface area contributed by atoms with Gasteiger partial charge in [-0.25, -0.2) is 0 Å². The number of rotatable bonds is 0. The molecular formula is C12H7BCl2N. The molecule has 1 nitrogen and oxygen atoms in total. The van der Waals surface area contributed by atoms with Crippen molar-refractivity contribution in [3.63, 3.8) is 0 Å². The lowest BCUT2D eigenvalue weighted by Crippen LogP contribution is -1.72. The van der Waals surface area contributed by atoms with Gasteiger partial charge in [-0.1, -0.05) is 47.5 Å². The minimum atomic E-state index is 0. The standard InChI is InChI=1S/C12H7Cl2N.B/c13-9-6-5-8-7-3-1-2-4-10(7)15-12(8)11(9)14;/h1-6,15H;. The topological polar surface area (TPSA) is 15.8 Å². The summed E-state index contributed by atoms with van der Waals surface area (Å²) < 4.78 is 0. The third-order valence-electron chi connectivity index (χ3n) is 2.57. The molecule has 0 aliphatic carbocycles. The molecule has 16 heavy (non-hydrogen) atoms. The monoisotopic (exact) mass is 246 g/mol. The van der Waals surface area contributed by atoms with Crippen LogP contribution < -0.4 is 0 Å². The van der Waals surface area contributed by atoms with E-state index in [4.69, 9.17) is 23.2 Å². The van der Waals surface area contributed by atoms with Crippen molar-refractivity contribution in [2.75, 3.05) is 0 Å². The van der Waals surface area contributed by atoms with Crippen LogP contribution in [0.3, 0.4) is 0 Å². The van der Waals surface area contributed by atoms with Gasteiger partial charge in [-0.05, 0) is 12.1 Å². The predicted octanol–water partition coefficient (Wildman–Crippen LogP) is 4.25. The molecule has 0 aliphatic rings. The molecule has 0 atom stereocenters. The third kappa shape index (κ3) is 1.50. The van der Waals surface area contributed by atoms with E-state index in [0.29, 0.717) is 10.0 Å². The fourth-order valence-corrected chi connectivity index (χ4v) is 2.23. The molecule has 0 spiro atoms. The molecule has 3 radical (unpaired) electrons. The number of H-pyrrole nitrogens is 1. The number of fused-ring (bicyclic) bond motifs is 3. The smallest absolute Gasteiger partial charge is 0.0833 e. The van der Waals surface area contributed by atoms with Crippen LogP contribution in [0.1, 0.15) is 0 Å². The summed E-state index contributed by atoms with van der Waals surface area (Å²) in [5, 5.41) is 3.45. The van der Waals surface area contributed by atoms with Gasteiger partial charge in [-0.3, -0.25) is 0 Å². The Balaban J connectivity index is 0.000000963. The molecule has 0 amide bonds. The van der Waals surface area contributed by atoms with E-state index >= 15 is 0 Å². The molecule has 3 rings (SSSR count). The van der Waals surface area contributed by atoms with E-state index in [1.165, 1.54) is 5.39 Å². The third-order valence-corrected chi connectivity index (χ3v) is 3.38. The van der Waals surface area contributed by atoms with Crippen LogP contribution in [0, 0.1) is 0 Å². The molecule has 0 saturated heterocycles. The van der Waals surface area contributed by atoms with Crippen molar-refractivity contribution in [3.8, 4) is 0 Å². The molecule has 0 saturated carbocycles.